The number of hydrogen-bond donors (Lipinski definition) is 1. The number of rotatable bonds is 7. The zero-order valence-corrected chi connectivity index (χ0v) is 15.3. The lowest BCUT2D eigenvalue weighted by Gasteiger charge is -2.16. The number of nitrogens with zero attached hydrogens (tertiary/aromatic N) is 3. The van der Waals surface area contributed by atoms with Crippen molar-refractivity contribution >= 4 is 17.3 Å². The largest absolute Gasteiger partial charge is 0.433 e. The quantitative estimate of drug-likeness (QED) is 0.583. The molecule has 0 saturated carbocycles. The summed E-state index contributed by atoms with van der Waals surface area (Å²) >= 11 is 0. The number of ether oxygens (including phenoxy) is 1. The van der Waals surface area contributed by atoms with Crippen molar-refractivity contribution in [2.45, 2.75) is 40.9 Å². The number of hydrogen-bond acceptors (Lipinski definition) is 5. The molecule has 1 amide bonds. The van der Waals surface area contributed by atoms with Crippen LogP contribution in [0.1, 0.15) is 23.9 Å². The molecule has 1 unspecified atom stereocenters. The highest BCUT2D eigenvalue weighted by atomic mass is 19.3. The summed E-state index contributed by atoms with van der Waals surface area (Å²) in [6.45, 7) is 3.48. The number of nitro groups is 1. The van der Waals surface area contributed by atoms with Crippen LogP contribution in [0.25, 0.3) is 0 Å². The molecule has 0 aliphatic heterocycles. The van der Waals surface area contributed by atoms with E-state index in [1.807, 2.05) is 0 Å². The van der Waals surface area contributed by atoms with E-state index in [0.717, 1.165) is 0 Å². The highest BCUT2D eigenvalue weighted by molar-refractivity contribution is 5.93. The summed E-state index contributed by atoms with van der Waals surface area (Å²) in [5.41, 5.74) is 1.34. The molecule has 8 nitrogen and oxygen atoms in total. The van der Waals surface area contributed by atoms with Crippen molar-refractivity contribution in [3.63, 3.8) is 0 Å². The van der Waals surface area contributed by atoms with Crippen molar-refractivity contribution in [3.8, 4) is 5.75 Å². The van der Waals surface area contributed by atoms with Gasteiger partial charge in [0.1, 0.15) is 17.1 Å². The van der Waals surface area contributed by atoms with Gasteiger partial charge in [-0.25, -0.2) is 0 Å². The van der Waals surface area contributed by atoms with Gasteiger partial charge >= 0.3 is 12.3 Å². The second-order valence-electron chi connectivity index (χ2n) is 6.23. The molecule has 1 atom stereocenters. The lowest BCUT2D eigenvalue weighted by Crippen LogP contribution is -2.25. The standard InChI is InChI=1S/C17H20F2N4O4/c1-9-5-6-13(14(7-9)27-17(18)19)20-16(24)10(2)8-22-12(4)15(23(25)26)11(3)21-22/h5-7,10,17H,8H2,1-4H3,(H,20,24). The molecular formula is C17H20F2N4O4. The summed E-state index contributed by atoms with van der Waals surface area (Å²) in [4.78, 5) is 23.0. The summed E-state index contributed by atoms with van der Waals surface area (Å²) in [6.07, 6.45) is 0. The maximum absolute atomic E-state index is 12.6. The molecule has 0 saturated heterocycles. The Balaban J connectivity index is 2.15. The van der Waals surface area contributed by atoms with Gasteiger partial charge in [0.15, 0.2) is 0 Å². The topological polar surface area (TPSA) is 99.3 Å². The summed E-state index contributed by atoms with van der Waals surface area (Å²) < 4.78 is 31.0. The van der Waals surface area contributed by atoms with Gasteiger partial charge in [-0.1, -0.05) is 13.0 Å². The number of benzene rings is 1. The number of halogens is 2. The maximum Gasteiger partial charge on any atom is 0.387 e. The number of aryl methyl sites for hydroxylation is 2. The minimum Gasteiger partial charge on any atom is -0.433 e. The first-order chi connectivity index (χ1) is 12.6. The van der Waals surface area contributed by atoms with Crippen molar-refractivity contribution < 1.29 is 23.2 Å². The second-order valence-corrected chi connectivity index (χ2v) is 6.23. The minimum absolute atomic E-state index is 0.0891. The molecule has 0 aliphatic carbocycles. The fourth-order valence-corrected chi connectivity index (χ4v) is 2.65. The van der Waals surface area contributed by atoms with E-state index in [1.54, 1.807) is 26.8 Å². The SMILES string of the molecule is Cc1ccc(NC(=O)C(C)Cn2nc(C)c([N+](=O)[O-])c2C)c(OC(F)F)c1. The molecule has 0 radical (unpaired) electrons. The lowest BCUT2D eigenvalue weighted by molar-refractivity contribution is -0.386. The molecular weight excluding hydrogens is 362 g/mol. The number of alkyl halides is 2. The van der Waals surface area contributed by atoms with Gasteiger partial charge in [0, 0.05) is 0 Å². The van der Waals surface area contributed by atoms with Gasteiger partial charge < -0.3 is 10.1 Å². The Morgan fingerprint density at radius 1 is 1.37 bits per heavy atom. The Hall–Kier alpha value is -3.04. The molecule has 2 rings (SSSR count). The monoisotopic (exact) mass is 382 g/mol. The van der Waals surface area contributed by atoms with E-state index in [4.69, 9.17) is 0 Å². The van der Waals surface area contributed by atoms with Gasteiger partial charge in [-0.3, -0.25) is 19.6 Å². The zero-order valence-electron chi connectivity index (χ0n) is 15.3. The van der Waals surface area contributed by atoms with E-state index in [0.29, 0.717) is 11.3 Å². The number of amides is 1. The van der Waals surface area contributed by atoms with Crippen LogP contribution in [-0.2, 0) is 11.3 Å². The van der Waals surface area contributed by atoms with E-state index in [9.17, 15) is 23.7 Å². The second kappa shape index (κ2) is 8.11. The van der Waals surface area contributed by atoms with Crippen LogP contribution < -0.4 is 10.1 Å². The van der Waals surface area contributed by atoms with Crippen molar-refractivity contribution in [2.75, 3.05) is 5.32 Å². The number of carbonyl (C=O) groups excluding carboxylic acids is 1. The summed E-state index contributed by atoms with van der Waals surface area (Å²) in [7, 11) is 0. The van der Waals surface area contributed by atoms with Crippen LogP contribution >= 0.6 is 0 Å². The zero-order chi connectivity index (χ0) is 20.3. The van der Waals surface area contributed by atoms with Crippen LogP contribution in [0, 0.1) is 36.8 Å². The van der Waals surface area contributed by atoms with Crippen molar-refractivity contribution in [1.82, 2.24) is 9.78 Å². The van der Waals surface area contributed by atoms with Crippen LogP contribution in [0.15, 0.2) is 18.2 Å². The number of nitrogens with one attached hydrogen (secondary N) is 1. The number of anilines is 1. The third kappa shape index (κ3) is 4.78. The smallest absolute Gasteiger partial charge is 0.387 e. The Bertz CT molecular complexity index is 867. The van der Waals surface area contributed by atoms with Crippen LogP contribution in [0.3, 0.4) is 0 Å². The summed E-state index contributed by atoms with van der Waals surface area (Å²) in [5, 5.41) is 17.7. The highest BCUT2D eigenvalue weighted by Crippen LogP contribution is 2.28. The van der Waals surface area contributed by atoms with E-state index in [-0.39, 0.29) is 29.4 Å². The van der Waals surface area contributed by atoms with Crippen molar-refractivity contribution in [1.29, 1.82) is 0 Å². The van der Waals surface area contributed by atoms with E-state index in [2.05, 4.69) is 15.2 Å². The maximum atomic E-state index is 12.6. The van der Waals surface area contributed by atoms with Crippen molar-refractivity contribution in [3.05, 3.63) is 45.3 Å². The van der Waals surface area contributed by atoms with Gasteiger partial charge in [0.05, 0.1) is 23.1 Å². The molecule has 1 N–H and O–H groups in total. The molecule has 1 aromatic carbocycles. The molecule has 0 aliphatic rings. The summed E-state index contributed by atoms with van der Waals surface area (Å²) in [6, 6.07) is 4.53. The lowest BCUT2D eigenvalue weighted by atomic mass is 10.1. The predicted octanol–water partition coefficient (Wildman–Crippen LogP) is 3.59. The third-order valence-electron chi connectivity index (χ3n) is 4.03. The third-order valence-corrected chi connectivity index (χ3v) is 4.03. The van der Waals surface area contributed by atoms with Crippen LogP contribution in [0.5, 0.6) is 5.75 Å². The van der Waals surface area contributed by atoms with Gasteiger partial charge in [-0.2, -0.15) is 13.9 Å². The Labute approximate surface area is 154 Å². The first-order valence-corrected chi connectivity index (χ1v) is 8.14. The Kier molecular flexibility index (Phi) is 6.09. The Morgan fingerprint density at radius 2 is 2.04 bits per heavy atom. The van der Waals surface area contributed by atoms with Crippen molar-refractivity contribution in [2.24, 2.45) is 5.92 Å². The average molecular weight is 382 g/mol. The van der Waals surface area contributed by atoms with Crippen LogP contribution in [0.2, 0.25) is 0 Å². The number of carbonyl (C=O) groups is 1. The van der Waals surface area contributed by atoms with Gasteiger partial charge in [0.25, 0.3) is 0 Å². The molecule has 1 aromatic heterocycles. The molecule has 2 aromatic rings. The van der Waals surface area contributed by atoms with Gasteiger partial charge in [-0.15, -0.1) is 0 Å². The fourth-order valence-electron chi connectivity index (χ4n) is 2.65. The molecule has 1 heterocycles. The molecule has 10 heteroatoms. The van der Waals surface area contributed by atoms with Gasteiger partial charge in [-0.05, 0) is 38.5 Å². The normalized spacial score (nSPS) is 12.1. The Morgan fingerprint density at radius 3 is 2.59 bits per heavy atom. The molecule has 27 heavy (non-hydrogen) atoms. The predicted molar refractivity (Wildman–Crippen MR) is 94.0 cm³/mol. The highest BCUT2D eigenvalue weighted by Gasteiger charge is 2.24. The molecule has 0 bridgehead atoms. The average Bonchev–Trinajstić information content (AvgIpc) is 2.83. The first-order valence-electron chi connectivity index (χ1n) is 8.14. The molecule has 0 spiro atoms. The first kappa shape index (κ1) is 20.3. The minimum atomic E-state index is -3.02. The van der Waals surface area contributed by atoms with E-state index < -0.39 is 23.4 Å². The molecule has 0 fully saturated rings. The van der Waals surface area contributed by atoms with Crippen LogP contribution in [0.4, 0.5) is 20.2 Å². The molecule has 146 valence electrons. The van der Waals surface area contributed by atoms with E-state index >= 15 is 0 Å². The summed E-state index contributed by atoms with van der Waals surface area (Å²) in [5.74, 6) is -1.20. The van der Waals surface area contributed by atoms with Crippen LogP contribution in [-0.4, -0.2) is 27.2 Å². The fraction of sp³-hybridized carbons (Fsp3) is 0.412. The van der Waals surface area contributed by atoms with Gasteiger partial charge in [0.2, 0.25) is 5.91 Å². The number of aromatic nitrogens is 2. The van der Waals surface area contributed by atoms with E-state index in [1.165, 1.54) is 23.7 Å².